The van der Waals surface area contributed by atoms with Crippen molar-refractivity contribution in [1.29, 1.82) is 10.5 Å². The van der Waals surface area contributed by atoms with Gasteiger partial charge in [-0.1, -0.05) is 170 Å². The van der Waals surface area contributed by atoms with E-state index in [4.69, 9.17) is 0 Å². The van der Waals surface area contributed by atoms with Crippen molar-refractivity contribution in [2.45, 2.75) is 0 Å². The molecule has 2 nitrogen and oxygen atoms in total. The van der Waals surface area contributed by atoms with Crippen LogP contribution in [0.2, 0.25) is 0 Å². The molecule has 0 bridgehead atoms. The van der Waals surface area contributed by atoms with Gasteiger partial charge in [-0.3, -0.25) is 0 Å². The SMILES string of the molecule is N#Cc1cc2c(cc1C#N)c1cc(-c3ccc(-c4ccc5ccccc5c4)cc3)c3ccccc3c1c1c3ccccc3c(-c3ccc(-c4ccc5ccccc5c4)cc3)cc21. The van der Waals surface area contributed by atoms with Gasteiger partial charge >= 0.3 is 0 Å². The van der Waals surface area contributed by atoms with Crippen LogP contribution in [0.25, 0.3) is 120 Å². The Kier molecular flexibility index (Phi) is 8.01. The Balaban J connectivity index is 1.10. The molecule has 0 spiro atoms. The van der Waals surface area contributed by atoms with Crippen LogP contribution in [0.3, 0.4) is 0 Å². The van der Waals surface area contributed by atoms with Crippen LogP contribution in [0, 0.1) is 22.7 Å². The molecule has 12 aromatic carbocycles. The number of hydrogen-bond acceptors (Lipinski definition) is 2. The van der Waals surface area contributed by atoms with Crippen LogP contribution in [-0.4, -0.2) is 0 Å². The molecule has 0 aliphatic heterocycles. The van der Waals surface area contributed by atoms with Crippen LogP contribution in [-0.2, 0) is 0 Å². The molecule has 12 rings (SSSR count). The number of fused-ring (bicyclic) bond motifs is 12. The fourth-order valence-corrected chi connectivity index (χ4v) is 9.84. The minimum absolute atomic E-state index is 0.375. The zero-order chi connectivity index (χ0) is 41.3. The van der Waals surface area contributed by atoms with E-state index >= 15 is 0 Å². The fraction of sp³-hybridized carbons (Fsp3) is 0. The molecule has 284 valence electrons. The number of nitriles is 2. The lowest BCUT2D eigenvalue weighted by atomic mass is 9.83. The molecule has 0 saturated heterocycles. The highest BCUT2D eigenvalue weighted by atomic mass is 14.3. The number of hydrogen-bond donors (Lipinski definition) is 0. The normalized spacial score (nSPS) is 11.5. The lowest BCUT2D eigenvalue weighted by molar-refractivity contribution is 1.45. The Labute approximate surface area is 358 Å². The van der Waals surface area contributed by atoms with Crippen molar-refractivity contribution in [1.82, 2.24) is 0 Å². The summed E-state index contributed by atoms with van der Waals surface area (Å²) >= 11 is 0. The molecule has 0 unspecified atom stereocenters. The third kappa shape index (κ3) is 5.56. The quantitative estimate of drug-likeness (QED) is 0.167. The maximum Gasteiger partial charge on any atom is 0.101 e. The van der Waals surface area contributed by atoms with Gasteiger partial charge in [0.25, 0.3) is 0 Å². The Hall–Kier alpha value is -8.56. The second-order valence-corrected chi connectivity index (χ2v) is 16.2. The minimum Gasteiger partial charge on any atom is -0.192 e. The van der Waals surface area contributed by atoms with Gasteiger partial charge in [-0.15, -0.1) is 0 Å². The second-order valence-electron chi connectivity index (χ2n) is 16.2. The summed E-state index contributed by atoms with van der Waals surface area (Å²) in [6, 6.07) is 78.6. The zero-order valence-electron chi connectivity index (χ0n) is 33.5. The first-order valence-electron chi connectivity index (χ1n) is 20.9. The predicted molar refractivity (Wildman–Crippen MR) is 260 cm³/mol. The van der Waals surface area contributed by atoms with E-state index in [1.54, 1.807) is 0 Å². The third-order valence-electron chi connectivity index (χ3n) is 12.9. The van der Waals surface area contributed by atoms with Crippen molar-refractivity contribution >= 4 is 75.4 Å². The van der Waals surface area contributed by atoms with Crippen LogP contribution in [0.5, 0.6) is 0 Å². The lowest BCUT2D eigenvalue weighted by Gasteiger charge is -2.20. The van der Waals surface area contributed by atoms with Crippen molar-refractivity contribution in [3.63, 3.8) is 0 Å². The standard InChI is InChI=1S/C60H34N2/c61-35-47-31-55-56(32-48(47)36-62)58-34-54(42-25-19-40(20-26-42)46-28-22-38-10-2-4-12-44(38)30-46)50-14-6-8-16-52(50)60(58)59-51-15-7-5-13-49(51)53(33-57(55)59)41-23-17-39(18-24-41)45-27-21-37-9-1-3-11-43(37)29-45/h1-34H. The maximum atomic E-state index is 10.4. The Morgan fingerprint density at radius 1 is 0.242 bits per heavy atom. The summed E-state index contributed by atoms with van der Waals surface area (Å²) < 4.78 is 0. The molecule has 0 aromatic heterocycles. The van der Waals surface area contributed by atoms with E-state index in [-0.39, 0.29) is 0 Å². The molecule has 0 amide bonds. The average molecular weight is 783 g/mol. The van der Waals surface area contributed by atoms with E-state index in [1.807, 2.05) is 12.1 Å². The van der Waals surface area contributed by atoms with Gasteiger partial charge in [0.1, 0.15) is 12.1 Å². The molecule has 12 aromatic rings. The summed E-state index contributed by atoms with van der Waals surface area (Å²) in [5.74, 6) is 0. The highest BCUT2D eigenvalue weighted by Crippen LogP contribution is 2.48. The molecule has 0 aliphatic carbocycles. The monoisotopic (exact) mass is 782 g/mol. The molecule has 0 fully saturated rings. The predicted octanol–water partition coefficient (Wildman–Crippen LogP) is 16.2. The topological polar surface area (TPSA) is 47.6 Å². The summed E-state index contributed by atoms with van der Waals surface area (Å²) in [6.07, 6.45) is 0. The third-order valence-corrected chi connectivity index (χ3v) is 12.9. The highest BCUT2D eigenvalue weighted by Gasteiger charge is 2.21. The van der Waals surface area contributed by atoms with Crippen molar-refractivity contribution in [3.8, 4) is 56.6 Å². The summed E-state index contributed by atoms with van der Waals surface area (Å²) in [6.45, 7) is 0. The second kappa shape index (κ2) is 14.0. The van der Waals surface area contributed by atoms with Crippen LogP contribution < -0.4 is 0 Å². The molecule has 0 atom stereocenters. The summed E-state index contributed by atoms with van der Waals surface area (Å²) in [7, 11) is 0. The molecule has 0 heterocycles. The van der Waals surface area contributed by atoms with Gasteiger partial charge in [-0.25, -0.2) is 0 Å². The highest BCUT2D eigenvalue weighted by molar-refractivity contribution is 6.38. The van der Waals surface area contributed by atoms with Gasteiger partial charge in [-0.2, -0.15) is 10.5 Å². The number of benzene rings is 12. The van der Waals surface area contributed by atoms with E-state index in [9.17, 15) is 10.5 Å². The van der Waals surface area contributed by atoms with Crippen molar-refractivity contribution in [3.05, 3.63) is 217 Å². The summed E-state index contributed by atoms with van der Waals surface area (Å²) in [4.78, 5) is 0. The van der Waals surface area contributed by atoms with E-state index in [1.165, 1.54) is 32.7 Å². The van der Waals surface area contributed by atoms with Gasteiger partial charge in [0.15, 0.2) is 0 Å². The fourth-order valence-electron chi connectivity index (χ4n) is 9.84. The molecule has 0 radical (unpaired) electrons. The molecular formula is C60H34N2. The molecule has 0 N–H and O–H groups in total. The summed E-state index contributed by atoms with van der Waals surface area (Å²) in [5.41, 5.74) is 9.90. The average Bonchev–Trinajstić information content (AvgIpc) is 3.35. The van der Waals surface area contributed by atoms with Crippen LogP contribution in [0.15, 0.2) is 206 Å². The molecule has 2 heteroatoms. The van der Waals surface area contributed by atoms with Crippen LogP contribution in [0.1, 0.15) is 11.1 Å². The smallest absolute Gasteiger partial charge is 0.101 e. The van der Waals surface area contributed by atoms with Gasteiger partial charge < -0.3 is 0 Å². The number of rotatable bonds is 4. The van der Waals surface area contributed by atoms with Gasteiger partial charge in [0, 0.05) is 0 Å². The van der Waals surface area contributed by atoms with Crippen molar-refractivity contribution in [2.24, 2.45) is 0 Å². The molecule has 0 saturated carbocycles. The lowest BCUT2D eigenvalue weighted by Crippen LogP contribution is -1.93. The molecule has 62 heavy (non-hydrogen) atoms. The van der Waals surface area contributed by atoms with E-state index in [0.717, 1.165) is 87.2 Å². The van der Waals surface area contributed by atoms with Crippen molar-refractivity contribution < 1.29 is 0 Å². The first-order chi connectivity index (χ1) is 30.6. The van der Waals surface area contributed by atoms with Gasteiger partial charge in [0.2, 0.25) is 0 Å². The Bertz CT molecular complexity index is 3660. The van der Waals surface area contributed by atoms with Crippen LogP contribution >= 0.6 is 0 Å². The summed E-state index contributed by atoms with van der Waals surface area (Å²) in [5, 5.41) is 36.5. The van der Waals surface area contributed by atoms with E-state index in [0.29, 0.717) is 11.1 Å². The van der Waals surface area contributed by atoms with Gasteiger partial charge in [-0.05, 0) is 156 Å². The van der Waals surface area contributed by atoms with E-state index < -0.39 is 0 Å². The first-order valence-corrected chi connectivity index (χ1v) is 20.9. The van der Waals surface area contributed by atoms with Crippen LogP contribution in [0.4, 0.5) is 0 Å². The Morgan fingerprint density at radius 2 is 0.581 bits per heavy atom. The number of nitrogens with zero attached hydrogens (tertiary/aromatic N) is 2. The Morgan fingerprint density at radius 3 is 0.984 bits per heavy atom. The maximum absolute atomic E-state index is 10.4. The zero-order valence-corrected chi connectivity index (χ0v) is 33.5. The van der Waals surface area contributed by atoms with Gasteiger partial charge in [0.05, 0.1) is 11.1 Å². The van der Waals surface area contributed by atoms with Crippen molar-refractivity contribution in [2.75, 3.05) is 0 Å². The molecular weight excluding hydrogens is 749 g/mol. The first kappa shape index (κ1) is 35.4. The van der Waals surface area contributed by atoms with E-state index in [2.05, 4.69) is 206 Å². The molecule has 0 aliphatic rings. The largest absolute Gasteiger partial charge is 0.192 e. The minimum atomic E-state index is 0.375.